The third-order valence-corrected chi connectivity index (χ3v) is 5.22. The maximum atomic E-state index is 14.2. The van der Waals surface area contributed by atoms with Crippen molar-refractivity contribution < 1.29 is 4.39 Å². The Balaban J connectivity index is 1.39. The largest absolute Gasteiger partial charge is 0.308 e. The van der Waals surface area contributed by atoms with Gasteiger partial charge in [0.15, 0.2) is 0 Å². The number of halogens is 1. The van der Waals surface area contributed by atoms with Gasteiger partial charge in [-0.3, -0.25) is 4.90 Å². The van der Waals surface area contributed by atoms with Gasteiger partial charge in [0.25, 0.3) is 0 Å². The number of hydrogen-bond donors (Lipinski definition) is 1. The van der Waals surface area contributed by atoms with E-state index in [-0.39, 0.29) is 5.83 Å². The molecule has 1 aliphatic carbocycles. The monoisotopic (exact) mass is 316 g/mol. The van der Waals surface area contributed by atoms with E-state index in [1.165, 1.54) is 24.8 Å². The fourth-order valence-electron chi connectivity index (χ4n) is 3.75. The molecule has 3 rings (SSSR count). The van der Waals surface area contributed by atoms with Crippen LogP contribution >= 0.6 is 0 Å². The maximum absolute atomic E-state index is 14.2. The summed E-state index contributed by atoms with van der Waals surface area (Å²) in [6.07, 6.45) is 7.79. The number of piperidine rings is 1. The summed E-state index contributed by atoms with van der Waals surface area (Å²) in [4.78, 5) is 2.50. The molecule has 1 heterocycles. The highest BCUT2D eigenvalue weighted by molar-refractivity contribution is 5.14. The van der Waals surface area contributed by atoms with Gasteiger partial charge in [-0.25, -0.2) is 4.39 Å². The van der Waals surface area contributed by atoms with E-state index in [0.717, 1.165) is 50.9 Å². The van der Waals surface area contributed by atoms with Crippen LogP contribution in [0, 0.1) is 0 Å². The normalized spacial score (nSPS) is 20.7. The molecule has 0 bridgehead atoms. The highest BCUT2D eigenvalue weighted by Gasteiger charge is 2.19. The topological polar surface area (TPSA) is 15.3 Å². The molecule has 2 nitrogen and oxygen atoms in total. The van der Waals surface area contributed by atoms with Crippen LogP contribution in [0.3, 0.4) is 0 Å². The van der Waals surface area contributed by atoms with E-state index < -0.39 is 0 Å². The highest BCUT2D eigenvalue weighted by Crippen LogP contribution is 2.26. The van der Waals surface area contributed by atoms with Crippen molar-refractivity contribution in [2.45, 2.75) is 57.5 Å². The van der Waals surface area contributed by atoms with E-state index >= 15 is 0 Å². The van der Waals surface area contributed by atoms with E-state index in [4.69, 9.17) is 0 Å². The van der Waals surface area contributed by atoms with Crippen molar-refractivity contribution in [2.75, 3.05) is 19.6 Å². The van der Waals surface area contributed by atoms with Crippen LogP contribution < -0.4 is 5.32 Å². The van der Waals surface area contributed by atoms with Crippen molar-refractivity contribution in [3.63, 3.8) is 0 Å². The lowest BCUT2D eigenvalue weighted by Crippen LogP contribution is -2.42. The average Bonchev–Trinajstić information content (AvgIpc) is 2.62. The molecular formula is C20H29FN2. The first-order valence-electron chi connectivity index (χ1n) is 9.17. The zero-order valence-corrected chi connectivity index (χ0v) is 14.1. The summed E-state index contributed by atoms with van der Waals surface area (Å²) < 4.78 is 14.2. The zero-order chi connectivity index (χ0) is 15.9. The second-order valence-electron chi connectivity index (χ2n) is 6.99. The minimum atomic E-state index is 0.122. The lowest BCUT2D eigenvalue weighted by molar-refractivity contribution is 0.191. The summed E-state index contributed by atoms with van der Waals surface area (Å²) in [7, 11) is 0. The third-order valence-electron chi connectivity index (χ3n) is 5.22. The molecule has 2 fully saturated rings. The summed E-state index contributed by atoms with van der Waals surface area (Å²) in [5.74, 6) is 0.122. The molecule has 1 aliphatic heterocycles. The van der Waals surface area contributed by atoms with Crippen LogP contribution in [0.5, 0.6) is 0 Å². The summed E-state index contributed by atoms with van der Waals surface area (Å²) >= 11 is 0. The van der Waals surface area contributed by atoms with Gasteiger partial charge < -0.3 is 5.32 Å². The molecule has 1 saturated heterocycles. The fraction of sp³-hybridized carbons (Fsp3) is 0.600. The third kappa shape index (κ3) is 5.15. The molecule has 3 heteroatoms. The number of rotatable bonds is 5. The van der Waals surface area contributed by atoms with Gasteiger partial charge in [-0.1, -0.05) is 36.8 Å². The zero-order valence-electron chi connectivity index (χ0n) is 14.1. The summed E-state index contributed by atoms with van der Waals surface area (Å²) in [5.41, 5.74) is 2.46. The van der Waals surface area contributed by atoms with Crippen LogP contribution in [0.1, 0.15) is 50.5 Å². The molecule has 23 heavy (non-hydrogen) atoms. The molecule has 1 N–H and O–H groups in total. The Morgan fingerprint density at radius 1 is 1.04 bits per heavy atom. The van der Waals surface area contributed by atoms with Crippen LogP contribution in [0.2, 0.25) is 0 Å². The maximum Gasteiger partial charge on any atom is 0.113 e. The van der Waals surface area contributed by atoms with Gasteiger partial charge >= 0.3 is 0 Å². The minimum absolute atomic E-state index is 0.122. The van der Waals surface area contributed by atoms with Crippen LogP contribution in [0.15, 0.2) is 41.7 Å². The minimum Gasteiger partial charge on any atom is -0.308 e. The quantitative estimate of drug-likeness (QED) is 0.864. The Morgan fingerprint density at radius 2 is 1.74 bits per heavy atom. The van der Waals surface area contributed by atoms with Crippen LogP contribution in [0.25, 0.3) is 0 Å². The Hall–Kier alpha value is -1.19. The molecule has 126 valence electrons. The second kappa shape index (κ2) is 8.60. The van der Waals surface area contributed by atoms with Crippen molar-refractivity contribution >= 4 is 0 Å². The van der Waals surface area contributed by atoms with Crippen LogP contribution in [-0.4, -0.2) is 30.6 Å². The van der Waals surface area contributed by atoms with E-state index in [2.05, 4.69) is 40.5 Å². The van der Waals surface area contributed by atoms with Crippen molar-refractivity contribution in [1.82, 2.24) is 10.2 Å². The fourth-order valence-corrected chi connectivity index (χ4v) is 3.75. The second-order valence-corrected chi connectivity index (χ2v) is 6.99. The van der Waals surface area contributed by atoms with Gasteiger partial charge in [-0.15, -0.1) is 0 Å². The van der Waals surface area contributed by atoms with Gasteiger partial charge in [0, 0.05) is 19.1 Å². The summed E-state index contributed by atoms with van der Waals surface area (Å²) in [5, 5.41) is 3.44. The molecule has 2 aliphatic rings. The predicted octanol–water partition coefficient (Wildman–Crippen LogP) is 4.43. The van der Waals surface area contributed by atoms with Crippen molar-refractivity contribution in [3.8, 4) is 0 Å². The number of hydrogen-bond acceptors (Lipinski definition) is 2. The lowest BCUT2D eigenvalue weighted by atomic mass is 9.94. The van der Waals surface area contributed by atoms with Gasteiger partial charge in [-0.2, -0.15) is 0 Å². The molecule has 1 aromatic carbocycles. The average molecular weight is 316 g/mol. The number of benzene rings is 1. The first kappa shape index (κ1) is 16.7. The molecule has 0 radical (unpaired) electrons. The highest BCUT2D eigenvalue weighted by atomic mass is 19.1. The van der Waals surface area contributed by atoms with Gasteiger partial charge in [-0.05, 0) is 62.8 Å². The number of likely N-dealkylation sites (tertiary alicyclic amines) is 1. The molecular weight excluding hydrogens is 287 g/mol. The van der Waals surface area contributed by atoms with E-state index in [1.54, 1.807) is 0 Å². The number of nitrogens with zero attached hydrogens (tertiary/aromatic N) is 1. The van der Waals surface area contributed by atoms with E-state index in [0.29, 0.717) is 12.6 Å². The Labute approximate surface area is 139 Å². The summed E-state index contributed by atoms with van der Waals surface area (Å²) in [6.45, 7) is 3.68. The van der Waals surface area contributed by atoms with Gasteiger partial charge in [0.2, 0.25) is 0 Å². The Kier molecular flexibility index (Phi) is 6.23. The first-order chi connectivity index (χ1) is 11.3. The van der Waals surface area contributed by atoms with Crippen LogP contribution in [-0.2, 0) is 6.54 Å². The van der Waals surface area contributed by atoms with E-state index in [9.17, 15) is 4.39 Å². The molecule has 0 unspecified atom stereocenters. The molecule has 0 spiro atoms. The van der Waals surface area contributed by atoms with Gasteiger partial charge in [0.1, 0.15) is 5.83 Å². The van der Waals surface area contributed by atoms with Crippen LogP contribution in [0.4, 0.5) is 4.39 Å². The lowest BCUT2D eigenvalue weighted by Gasteiger charge is -2.32. The van der Waals surface area contributed by atoms with Crippen molar-refractivity contribution in [2.24, 2.45) is 0 Å². The molecule has 1 aromatic rings. The molecule has 1 saturated carbocycles. The predicted molar refractivity (Wildman–Crippen MR) is 94.0 cm³/mol. The number of nitrogens with one attached hydrogen (secondary N) is 1. The Bertz CT molecular complexity index is 496. The molecule has 0 atom stereocenters. The molecule has 0 amide bonds. The Morgan fingerprint density at radius 3 is 2.43 bits per heavy atom. The molecule has 0 aromatic heterocycles. The smallest absolute Gasteiger partial charge is 0.113 e. The van der Waals surface area contributed by atoms with Crippen molar-refractivity contribution in [1.29, 1.82) is 0 Å². The number of allylic oxidation sites excluding steroid dienone is 1. The van der Waals surface area contributed by atoms with Gasteiger partial charge in [0.05, 0.1) is 0 Å². The van der Waals surface area contributed by atoms with Crippen molar-refractivity contribution in [3.05, 3.63) is 47.3 Å². The SMILES string of the molecule is FC(CNC1CCN(Cc2ccccc2)CC1)=C1CCCCC1. The van der Waals surface area contributed by atoms with E-state index in [1.807, 2.05) is 0 Å². The standard InChI is InChI=1S/C20H29FN2/c21-20(18-9-5-2-6-10-18)15-22-19-11-13-23(14-12-19)16-17-7-3-1-4-8-17/h1,3-4,7-8,19,22H,2,5-6,9-16H2. The summed E-state index contributed by atoms with van der Waals surface area (Å²) in [6, 6.07) is 11.1. The first-order valence-corrected chi connectivity index (χ1v) is 9.17.